The van der Waals surface area contributed by atoms with Crippen LogP contribution in [0.3, 0.4) is 0 Å². The van der Waals surface area contributed by atoms with Gasteiger partial charge in [-0.2, -0.15) is 0 Å². The number of carbonyl (C=O) groups excluding carboxylic acids is 2. The number of hydrogen-bond acceptors (Lipinski definition) is 10. The molecular weight excluding hydrogens is 1090 g/mol. The molecule has 0 aliphatic carbocycles. The van der Waals surface area contributed by atoms with Gasteiger partial charge < -0.3 is 45.1 Å². The lowest BCUT2D eigenvalue weighted by Crippen LogP contribution is -2.61. The molecule has 0 saturated carbocycles. The van der Waals surface area contributed by atoms with Crippen LogP contribution in [0, 0.1) is 0 Å². The topological polar surface area (TPSA) is 175 Å². The van der Waals surface area contributed by atoms with Crippen LogP contribution >= 0.6 is 0 Å². The lowest BCUT2D eigenvalue weighted by atomic mass is 9.99. The number of esters is 1. The van der Waals surface area contributed by atoms with E-state index in [0.717, 1.165) is 161 Å². The monoisotopic (exact) mass is 1210 g/mol. The minimum absolute atomic E-state index is 0.0947. The zero-order valence-corrected chi connectivity index (χ0v) is 54.8. The van der Waals surface area contributed by atoms with Crippen molar-refractivity contribution in [1.82, 2.24) is 5.32 Å². The number of rotatable bonds is 57. The molecule has 87 heavy (non-hydrogen) atoms. The van der Waals surface area contributed by atoms with Crippen LogP contribution in [0.25, 0.3) is 0 Å². The number of allylic oxidation sites excluding steroid dienone is 23. The number of amides is 1. The Morgan fingerprint density at radius 2 is 0.828 bits per heavy atom. The van der Waals surface area contributed by atoms with Gasteiger partial charge in [-0.25, -0.2) is 0 Å². The van der Waals surface area contributed by atoms with Crippen molar-refractivity contribution in [3.05, 3.63) is 146 Å². The summed E-state index contributed by atoms with van der Waals surface area (Å²) in [5, 5.41) is 57.2. The first-order valence-electron chi connectivity index (χ1n) is 34.6. The van der Waals surface area contributed by atoms with Crippen molar-refractivity contribution < 1.29 is 49.3 Å². The van der Waals surface area contributed by atoms with E-state index in [2.05, 4.69) is 160 Å². The molecule has 11 nitrogen and oxygen atoms in total. The predicted molar refractivity (Wildman–Crippen MR) is 365 cm³/mol. The highest BCUT2D eigenvalue weighted by atomic mass is 16.7. The Kier molecular flexibility index (Phi) is 57.2. The van der Waals surface area contributed by atoms with Gasteiger partial charge >= 0.3 is 5.97 Å². The molecule has 6 N–H and O–H groups in total. The van der Waals surface area contributed by atoms with E-state index in [1.165, 1.54) is 51.4 Å². The normalized spacial score (nSPS) is 19.2. The number of nitrogens with one attached hydrogen (secondary N) is 1. The highest BCUT2D eigenvalue weighted by molar-refractivity contribution is 5.80. The van der Waals surface area contributed by atoms with Gasteiger partial charge in [0.25, 0.3) is 0 Å². The largest absolute Gasteiger partial charge is 0.454 e. The second-order valence-corrected chi connectivity index (χ2v) is 23.1. The van der Waals surface area contributed by atoms with Crippen molar-refractivity contribution in [1.29, 1.82) is 0 Å². The average Bonchev–Trinajstić information content (AvgIpc) is 2.32. The summed E-state index contributed by atoms with van der Waals surface area (Å²) in [7, 11) is 0. The number of aliphatic hydroxyl groups is 5. The second-order valence-electron chi connectivity index (χ2n) is 23.1. The Balaban J connectivity index is 2.65. The fourth-order valence-corrected chi connectivity index (χ4v) is 9.86. The molecule has 0 aromatic heterocycles. The van der Waals surface area contributed by atoms with Crippen molar-refractivity contribution >= 4 is 11.9 Å². The number of unbranched alkanes of at least 4 members (excludes halogenated alkanes) is 21. The van der Waals surface area contributed by atoms with Crippen molar-refractivity contribution in [3.63, 3.8) is 0 Å². The summed E-state index contributed by atoms with van der Waals surface area (Å²) in [5.41, 5.74) is 0. The van der Waals surface area contributed by atoms with Crippen LogP contribution in [0.15, 0.2) is 146 Å². The Labute approximate surface area is 530 Å². The first-order valence-corrected chi connectivity index (χ1v) is 34.6. The standard InChI is InChI=1S/C76H125NO10/c1-4-7-10-13-16-19-22-25-27-29-31-33-34-35-36-37-39-41-43-46-49-52-55-58-61-64-71(81)87-74-73(83)72(82)70(65-78)86-76(74)85-66-67(68(79)62-59-56-53-50-47-44-24-21-18-15-12-9-6-3)77-75(84)69(80)63-60-57-54-51-48-45-42-40-38-32-30-28-26-23-20-17-14-11-8-5-2/h7-8,10-11,16-17,19-20,25-28,31-33,35-36,38-39,41-42,45,59,62,67-70,72-74,76,78-80,82-83H,4-6,9,12-15,18,21-24,29-30,34,37,40,43-44,46-58,60-61,63-66H2,1-3H3,(H,77,84)/b10-7-,11-8-,19-16-,20-17-,27-25-,28-26-,33-31-,36-35-,38-32-,41-39-,45-42-,62-59+. The van der Waals surface area contributed by atoms with Crippen LogP contribution in [-0.4, -0.2) is 99.6 Å². The summed E-state index contributed by atoms with van der Waals surface area (Å²) >= 11 is 0. The van der Waals surface area contributed by atoms with E-state index in [-0.39, 0.29) is 19.4 Å². The number of carbonyl (C=O) groups is 2. The van der Waals surface area contributed by atoms with Gasteiger partial charge in [-0.15, -0.1) is 0 Å². The third-order valence-electron chi connectivity index (χ3n) is 15.2. The highest BCUT2D eigenvalue weighted by Gasteiger charge is 2.47. The molecule has 8 atom stereocenters. The van der Waals surface area contributed by atoms with Crippen molar-refractivity contribution in [3.8, 4) is 0 Å². The molecule has 0 radical (unpaired) electrons. The molecule has 1 fully saturated rings. The Morgan fingerprint density at radius 3 is 1.24 bits per heavy atom. The lowest BCUT2D eigenvalue weighted by molar-refractivity contribution is -0.305. The van der Waals surface area contributed by atoms with Gasteiger partial charge in [-0.3, -0.25) is 9.59 Å². The number of hydrogen-bond donors (Lipinski definition) is 6. The van der Waals surface area contributed by atoms with Crippen LogP contribution in [0.1, 0.15) is 258 Å². The minimum atomic E-state index is -1.64. The van der Waals surface area contributed by atoms with E-state index in [9.17, 15) is 35.1 Å². The van der Waals surface area contributed by atoms with E-state index in [1.807, 2.05) is 6.08 Å². The first-order chi connectivity index (χ1) is 42.7. The third kappa shape index (κ3) is 49.1. The van der Waals surface area contributed by atoms with Crippen LogP contribution in [0.5, 0.6) is 0 Å². The molecule has 11 heteroatoms. The minimum Gasteiger partial charge on any atom is -0.454 e. The SMILES string of the molecule is CC/C=C\C/C=C\C/C=C\C/C=C\C/C=C\C/C=C\CCCCCCCCC(=O)OC1C(OCC(NC(=O)C(O)CCCCCC/C=C\C/C=C\C/C=C\C/C=C\C/C=C\CC)C(O)/C=C/CCCCCCCCCCCCC)OC(CO)C(O)C1O. The fraction of sp³-hybridized carbons (Fsp3) is 0.658. The zero-order valence-electron chi connectivity index (χ0n) is 54.8. The number of aliphatic hydroxyl groups excluding tert-OH is 5. The first kappa shape index (κ1) is 80.6. The molecule has 0 spiro atoms. The van der Waals surface area contributed by atoms with Gasteiger partial charge in [0.05, 0.1) is 25.4 Å². The predicted octanol–water partition coefficient (Wildman–Crippen LogP) is 17.7. The maximum Gasteiger partial charge on any atom is 0.306 e. The summed E-state index contributed by atoms with van der Waals surface area (Å²) in [5.74, 6) is -1.24. The van der Waals surface area contributed by atoms with Crippen LogP contribution in [-0.2, 0) is 23.8 Å². The van der Waals surface area contributed by atoms with Crippen LogP contribution < -0.4 is 5.32 Å². The molecule has 0 aromatic rings. The average molecular weight is 1210 g/mol. The highest BCUT2D eigenvalue weighted by Crippen LogP contribution is 2.26. The van der Waals surface area contributed by atoms with E-state index in [4.69, 9.17) is 14.2 Å². The molecule has 8 unspecified atom stereocenters. The van der Waals surface area contributed by atoms with E-state index < -0.39 is 67.4 Å². The Bertz CT molecular complexity index is 1980. The zero-order chi connectivity index (χ0) is 63.1. The van der Waals surface area contributed by atoms with E-state index in [1.54, 1.807) is 6.08 Å². The molecule has 1 heterocycles. The molecule has 1 rings (SSSR count). The quantitative estimate of drug-likeness (QED) is 0.0195. The smallest absolute Gasteiger partial charge is 0.306 e. The summed E-state index contributed by atoms with van der Waals surface area (Å²) in [6, 6.07) is -1.05. The summed E-state index contributed by atoms with van der Waals surface area (Å²) in [6.45, 7) is 5.55. The van der Waals surface area contributed by atoms with E-state index in [0.29, 0.717) is 12.8 Å². The van der Waals surface area contributed by atoms with Crippen LogP contribution in [0.2, 0.25) is 0 Å². The molecule has 0 aromatic carbocycles. The van der Waals surface area contributed by atoms with Crippen LogP contribution in [0.4, 0.5) is 0 Å². The summed E-state index contributed by atoms with van der Waals surface area (Å²) in [4.78, 5) is 26.7. The number of ether oxygens (including phenoxy) is 3. The van der Waals surface area contributed by atoms with Crippen molar-refractivity contribution in [2.24, 2.45) is 0 Å². The lowest BCUT2D eigenvalue weighted by Gasteiger charge is -2.41. The van der Waals surface area contributed by atoms with Gasteiger partial charge in [0, 0.05) is 6.42 Å². The van der Waals surface area contributed by atoms with Crippen molar-refractivity contribution in [2.45, 2.75) is 307 Å². The van der Waals surface area contributed by atoms with E-state index >= 15 is 0 Å². The van der Waals surface area contributed by atoms with Crippen molar-refractivity contribution in [2.75, 3.05) is 13.2 Å². The molecular formula is C76H125NO10. The molecule has 1 saturated heterocycles. The Morgan fingerprint density at radius 1 is 0.460 bits per heavy atom. The summed E-state index contributed by atoms with van der Waals surface area (Å²) in [6.07, 6.45) is 78.7. The summed E-state index contributed by atoms with van der Waals surface area (Å²) < 4.78 is 17.7. The molecule has 1 amide bonds. The van der Waals surface area contributed by atoms with Gasteiger partial charge in [-0.05, 0) is 122 Å². The fourth-order valence-electron chi connectivity index (χ4n) is 9.86. The third-order valence-corrected chi connectivity index (χ3v) is 15.2. The molecule has 1 aliphatic rings. The molecule has 0 bridgehead atoms. The van der Waals surface area contributed by atoms with Gasteiger partial charge in [0.2, 0.25) is 5.91 Å². The maximum absolute atomic E-state index is 13.5. The van der Waals surface area contributed by atoms with Gasteiger partial charge in [0.1, 0.15) is 24.4 Å². The van der Waals surface area contributed by atoms with Gasteiger partial charge in [-0.1, -0.05) is 276 Å². The second kappa shape index (κ2) is 61.8. The molecule has 494 valence electrons. The maximum atomic E-state index is 13.5. The van der Waals surface area contributed by atoms with Gasteiger partial charge in [0.15, 0.2) is 12.4 Å². The Hall–Kier alpha value is -4.46. The molecule has 1 aliphatic heterocycles.